The number of hydrogen-bond donors (Lipinski definition) is 1. The SMILES string of the molecule is CC(C)CCN[C@H]1CO[C@H]2[C@@H]1OC[C@@H]2n1nnnc1Oc1cccc(N2CCOCC2)c1. The number of benzene rings is 1. The van der Waals surface area contributed by atoms with Crippen molar-refractivity contribution in [1.82, 2.24) is 25.5 Å². The van der Waals surface area contributed by atoms with E-state index in [1.165, 1.54) is 0 Å². The molecule has 4 heterocycles. The highest BCUT2D eigenvalue weighted by molar-refractivity contribution is 5.51. The van der Waals surface area contributed by atoms with E-state index < -0.39 is 0 Å². The minimum absolute atomic E-state index is 0.00568. The molecule has 3 fully saturated rings. The molecule has 3 aliphatic heterocycles. The summed E-state index contributed by atoms with van der Waals surface area (Å²) in [7, 11) is 0. The van der Waals surface area contributed by atoms with Crippen molar-refractivity contribution in [3.05, 3.63) is 24.3 Å². The number of morpholine rings is 1. The predicted molar refractivity (Wildman–Crippen MR) is 117 cm³/mol. The minimum Gasteiger partial charge on any atom is -0.423 e. The molecule has 1 aromatic heterocycles. The van der Waals surface area contributed by atoms with Crippen molar-refractivity contribution >= 4 is 5.69 Å². The molecule has 0 spiro atoms. The van der Waals surface area contributed by atoms with Crippen molar-refractivity contribution in [2.45, 2.75) is 44.6 Å². The van der Waals surface area contributed by atoms with E-state index in [9.17, 15) is 0 Å². The number of tetrazole rings is 1. The summed E-state index contributed by atoms with van der Waals surface area (Å²) in [6.45, 7) is 9.75. The second kappa shape index (κ2) is 9.70. The highest BCUT2D eigenvalue weighted by Gasteiger charge is 2.49. The van der Waals surface area contributed by atoms with Gasteiger partial charge in [0.25, 0.3) is 0 Å². The lowest BCUT2D eigenvalue weighted by Crippen LogP contribution is -2.41. The Balaban J connectivity index is 1.25. The number of hydrogen-bond acceptors (Lipinski definition) is 9. The van der Waals surface area contributed by atoms with Gasteiger partial charge in [-0.1, -0.05) is 25.0 Å². The summed E-state index contributed by atoms with van der Waals surface area (Å²) >= 11 is 0. The summed E-state index contributed by atoms with van der Waals surface area (Å²) in [5.41, 5.74) is 1.10. The maximum Gasteiger partial charge on any atom is 0.341 e. The second-order valence-corrected chi connectivity index (χ2v) is 9.01. The van der Waals surface area contributed by atoms with E-state index in [2.05, 4.69) is 45.7 Å². The topological polar surface area (TPSA) is 95.8 Å². The molecule has 5 rings (SSSR count). The van der Waals surface area contributed by atoms with Crippen molar-refractivity contribution in [1.29, 1.82) is 0 Å². The van der Waals surface area contributed by atoms with Crippen LogP contribution >= 0.6 is 0 Å². The standard InChI is InChI=1S/C22H32N6O4/c1-15(2)6-7-23-18-13-30-21-19(14-31-20(18)21)28-22(24-25-26-28)32-17-5-3-4-16(12-17)27-8-10-29-11-9-27/h3-5,12,15,18-21,23H,6-11,13-14H2,1-2H3/t18-,19-,20+,21+/m0/s1. The molecule has 32 heavy (non-hydrogen) atoms. The van der Waals surface area contributed by atoms with Gasteiger partial charge < -0.3 is 29.2 Å². The Labute approximate surface area is 188 Å². The number of aromatic nitrogens is 4. The van der Waals surface area contributed by atoms with Gasteiger partial charge in [-0.25, -0.2) is 0 Å². The van der Waals surface area contributed by atoms with Crippen molar-refractivity contribution in [2.24, 2.45) is 5.92 Å². The maximum atomic E-state index is 6.11. The van der Waals surface area contributed by atoms with E-state index >= 15 is 0 Å². The average molecular weight is 445 g/mol. The van der Waals surface area contributed by atoms with Gasteiger partial charge >= 0.3 is 6.01 Å². The molecular formula is C22H32N6O4. The van der Waals surface area contributed by atoms with Gasteiger partial charge in [-0.15, -0.1) is 0 Å². The number of rotatable bonds is 8. The van der Waals surface area contributed by atoms with E-state index in [-0.39, 0.29) is 24.3 Å². The number of nitrogens with zero attached hydrogens (tertiary/aromatic N) is 5. The molecule has 174 valence electrons. The van der Waals surface area contributed by atoms with E-state index in [1.807, 2.05) is 18.2 Å². The van der Waals surface area contributed by atoms with E-state index in [1.54, 1.807) is 4.68 Å². The van der Waals surface area contributed by atoms with Crippen LogP contribution in [-0.2, 0) is 14.2 Å². The Morgan fingerprint density at radius 2 is 2.00 bits per heavy atom. The molecule has 10 heteroatoms. The highest BCUT2D eigenvalue weighted by Crippen LogP contribution is 2.36. The molecule has 0 amide bonds. The summed E-state index contributed by atoms with van der Waals surface area (Å²) in [4.78, 5) is 2.29. The van der Waals surface area contributed by atoms with Crippen LogP contribution in [0.4, 0.5) is 5.69 Å². The largest absolute Gasteiger partial charge is 0.423 e. The fourth-order valence-electron chi connectivity index (χ4n) is 4.55. The van der Waals surface area contributed by atoms with Crippen LogP contribution in [0.5, 0.6) is 11.8 Å². The molecule has 0 bridgehead atoms. The molecule has 4 atom stereocenters. The summed E-state index contributed by atoms with van der Waals surface area (Å²) in [6, 6.07) is 8.40. The van der Waals surface area contributed by atoms with Crippen LogP contribution in [0.1, 0.15) is 26.3 Å². The Hall–Kier alpha value is -2.27. The fourth-order valence-corrected chi connectivity index (χ4v) is 4.55. The van der Waals surface area contributed by atoms with Crippen molar-refractivity contribution in [3.63, 3.8) is 0 Å². The van der Waals surface area contributed by atoms with E-state index in [0.29, 0.717) is 30.9 Å². The van der Waals surface area contributed by atoms with Gasteiger partial charge in [0, 0.05) is 24.8 Å². The predicted octanol–water partition coefficient (Wildman–Crippen LogP) is 1.64. The van der Waals surface area contributed by atoms with Gasteiger partial charge in [0.05, 0.1) is 32.5 Å². The van der Waals surface area contributed by atoms with Gasteiger partial charge in [0.15, 0.2) is 0 Å². The fraction of sp³-hybridized carbons (Fsp3) is 0.682. The molecule has 0 radical (unpaired) electrons. The van der Waals surface area contributed by atoms with Crippen molar-refractivity contribution in [2.75, 3.05) is 51.0 Å². The molecule has 3 aliphatic rings. The van der Waals surface area contributed by atoms with Crippen LogP contribution in [0.2, 0.25) is 0 Å². The number of ether oxygens (including phenoxy) is 4. The quantitative estimate of drug-likeness (QED) is 0.652. The summed E-state index contributed by atoms with van der Waals surface area (Å²) in [6.07, 6.45) is 1.03. The van der Waals surface area contributed by atoms with Gasteiger partial charge in [-0.2, -0.15) is 4.68 Å². The molecule has 10 nitrogen and oxygen atoms in total. The van der Waals surface area contributed by atoms with Gasteiger partial charge in [-0.3, -0.25) is 0 Å². The third-order valence-corrected chi connectivity index (χ3v) is 6.34. The summed E-state index contributed by atoms with van der Waals surface area (Å²) < 4.78 is 25.5. The van der Waals surface area contributed by atoms with Crippen molar-refractivity contribution < 1.29 is 18.9 Å². The Morgan fingerprint density at radius 1 is 1.16 bits per heavy atom. The first-order valence-electron chi connectivity index (χ1n) is 11.5. The number of anilines is 1. The van der Waals surface area contributed by atoms with Crippen LogP contribution in [0, 0.1) is 5.92 Å². The monoisotopic (exact) mass is 444 g/mol. The Bertz CT molecular complexity index is 887. The zero-order chi connectivity index (χ0) is 21.9. The van der Waals surface area contributed by atoms with Crippen LogP contribution in [0.15, 0.2) is 24.3 Å². The van der Waals surface area contributed by atoms with Crippen LogP contribution in [0.3, 0.4) is 0 Å². The van der Waals surface area contributed by atoms with E-state index in [0.717, 1.165) is 45.0 Å². The molecular weight excluding hydrogens is 412 g/mol. The molecule has 2 aromatic rings. The third-order valence-electron chi connectivity index (χ3n) is 6.34. The van der Waals surface area contributed by atoms with Crippen LogP contribution in [-0.4, -0.2) is 84.5 Å². The van der Waals surface area contributed by atoms with E-state index in [4.69, 9.17) is 18.9 Å². The van der Waals surface area contributed by atoms with Crippen molar-refractivity contribution in [3.8, 4) is 11.8 Å². The molecule has 3 saturated heterocycles. The van der Waals surface area contributed by atoms with Crippen LogP contribution < -0.4 is 15.0 Å². The second-order valence-electron chi connectivity index (χ2n) is 9.01. The summed E-state index contributed by atoms with van der Waals surface area (Å²) in [5.74, 6) is 1.36. The Kier molecular flexibility index (Phi) is 6.54. The van der Waals surface area contributed by atoms with Crippen LogP contribution in [0.25, 0.3) is 0 Å². The smallest absolute Gasteiger partial charge is 0.341 e. The first-order valence-corrected chi connectivity index (χ1v) is 11.5. The van der Waals surface area contributed by atoms with Gasteiger partial charge in [-0.05, 0) is 41.4 Å². The Morgan fingerprint density at radius 3 is 2.84 bits per heavy atom. The minimum atomic E-state index is -0.121. The first-order chi connectivity index (χ1) is 15.7. The first kappa shape index (κ1) is 21.6. The summed E-state index contributed by atoms with van der Waals surface area (Å²) in [5, 5.41) is 15.8. The number of nitrogens with one attached hydrogen (secondary N) is 1. The third kappa shape index (κ3) is 4.59. The zero-order valence-electron chi connectivity index (χ0n) is 18.7. The van der Waals surface area contributed by atoms with Gasteiger partial charge in [0.2, 0.25) is 0 Å². The molecule has 1 N–H and O–H groups in total. The van der Waals surface area contributed by atoms with Gasteiger partial charge in [0.1, 0.15) is 24.0 Å². The lowest BCUT2D eigenvalue weighted by Gasteiger charge is -2.29. The molecule has 0 aliphatic carbocycles. The highest BCUT2D eigenvalue weighted by atomic mass is 16.6. The normalized spacial score (nSPS) is 27.8. The maximum absolute atomic E-state index is 6.11. The molecule has 0 saturated carbocycles. The lowest BCUT2D eigenvalue weighted by atomic mass is 10.1. The number of fused-ring (bicyclic) bond motifs is 1. The lowest BCUT2D eigenvalue weighted by molar-refractivity contribution is 0.0611. The average Bonchev–Trinajstić information content (AvgIpc) is 3.52. The molecule has 1 aromatic carbocycles. The zero-order valence-corrected chi connectivity index (χ0v) is 18.7. The molecule has 0 unspecified atom stereocenters.